The van der Waals surface area contributed by atoms with Crippen LogP contribution in [0.4, 0.5) is 0 Å². The molecule has 0 aliphatic carbocycles. The van der Waals surface area contributed by atoms with E-state index >= 15 is 0 Å². The number of halogens is 1. The second kappa shape index (κ2) is 8.57. The first-order valence-electron chi connectivity index (χ1n) is 9.11. The highest BCUT2D eigenvalue weighted by atomic mass is 79.9. The molecule has 2 heterocycles. The largest absolute Gasteiger partial charge is 0.493 e. The van der Waals surface area contributed by atoms with Crippen LogP contribution in [0.25, 0.3) is 0 Å². The predicted octanol–water partition coefficient (Wildman–Crippen LogP) is 3.75. The zero-order chi connectivity index (χ0) is 19.4. The van der Waals surface area contributed by atoms with Gasteiger partial charge in [-0.05, 0) is 44.0 Å². The van der Waals surface area contributed by atoms with Gasteiger partial charge in [0.1, 0.15) is 5.75 Å². The van der Waals surface area contributed by atoms with Crippen LogP contribution >= 0.6 is 15.9 Å². The molecule has 0 saturated carbocycles. The molecule has 27 heavy (non-hydrogen) atoms. The molecule has 1 aromatic heterocycles. The Balaban J connectivity index is 1.62. The standard InChI is InChI=1S/C20H23BrN4O2/c1-13-16(14(2)25(24-13)10-3-9-22)5-7-20(26)23-18-8-11-27-19-6-4-15(21)12-17(18)19/h4,6,12,18H,3,5,7-8,10-11H2,1-2H3,(H,23,26). The number of rotatable bonds is 6. The molecule has 0 saturated heterocycles. The minimum atomic E-state index is -0.0284. The smallest absolute Gasteiger partial charge is 0.220 e. The first-order chi connectivity index (χ1) is 13.0. The van der Waals surface area contributed by atoms with Gasteiger partial charge < -0.3 is 10.1 Å². The highest BCUT2D eigenvalue weighted by Gasteiger charge is 2.23. The second-order valence-corrected chi connectivity index (χ2v) is 7.64. The average molecular weight is 431 g/mol. The summed E-state index contributed by atoms with van der Waals surface area (Å²) in [6, 6.07) is 7.99. The molecule has 0 spiro atoms. The van der Waals surface area contributed by atoms with Crippen LogP contribution in [0.15, 0.2) is 22.7 Å². The Hall–Kier alpha value is -2.33. The van der Waals surface area contributed by atoms with E-state index in [1.165, 1.54) is 0 Å². The van der Waals surface area contributed by atoms with E-state index in [2.05, 4.69) is 32.4 Å². The lowest BCUT2D eigenvalue weighted by Crippen LogP contribution is -2.32. The number of aromatic nitrogens is 2. The topological polar surface area (TPSA) is 79.9 Å². The van der Waals surface area contributed by atoms with Crippen molar-refractivity contribution in [3.05, 3.63) is 45.2 Å². The molecule has 1 unspecified atom stereocenters. The van der Waals surface area contributed by atoms with Crippen LogP contribution in [0.2, 0.25) is 0 Å². The highest BCUT2D eigenvalue weighted by Crippen LogP contribution is 2.34. The van der Waals surface area contributed by atoms with E-state index in [0.29, 0.717) is 32.4 Å². The number of ether oxygens (including phenoxy) is 1. The molecule has 0 bridgehead atoms. The molecule has 1 N–H and O–H groups in total. The maximum Gasteiger partial charge on any atom is 0.220 e. The van der Waals surface area contributed by atoms with Crippen molar-refractivity contribution in [3.63, 3.8) is 0 Å². The van der Waals surface area contributed by atoms with Crippen molar-refractivity contribution in [2.75, 3.05) is 6.61 Å². The Morgan fingerprint density at radius 2 is 2.30 bits per heavy atom. The van der Waals surface area contributed by atoms with E-state index in [1.54, 1.807) is 0 Å². The van der Waals surface area contributed by atoms with Crippen molar-refractivity contribution in [2.45, 2.75) is 52.1 Å². The number of aryl methyl sites for hydroxylation is 2. The number of nitriles is 1. The summed E-state index contributed by atoms with van der Waals surface area (Å²) in [5.41, 5.74) is 4.08. The Bertz CT molecular complexity index is 885. The maximum atomic E-state index is 12.5. The molecule has 3 rings (SSSR count). The Labute approximate surface area is 167 Å². The van der Waals surface area contributed by atoms with Gasteiger partial charge in [-0.2, -0.15) is 10.4 Å². The Morgan fingerprint density at radius 1 is 1.48 bits per heavy atom. The molecule has 1 aliphatic rings. The zero-order valence-corrected chi connectivity index (χ0v) is 17.2. The monoisotopic (exact) mass is 430 g/mol. The summed E-state index contributed by atoms with van der Waals surface area (Å²) in [5.74, 6) is 0.858. The summed E-state index contributed by atoms with van der Waals surface area (Å²) in [7, 11) is 0. The van der Waals surface area contributed by atoms with Gasteiger partial charge in [0.2, 0.25) is 5.91 Å². The molecule has 1 atom stereocenters. The van der Waals surface area contributed by atoms with E-state index in [1.807, 2.05) is 36.7 Å². The summed E-state index contributed by atoms with van der Waals surface area (Å²) in [4.78, 5) is 12.5. The number of carbonyl (C=O) groups is 1. The van der Waals surface area contributed by atoms with E-state index < -0.39 is 0 Å². The zero-order valence-electron chi connectivity index (χ0n) is 15.6. The van der Waals surface area contributed by atoms with Gasteiger partial charge in [-0.3, -0.25) is 9.48 Å². The van der Waals surface area contributed by atoms with Crippen LogP contribution in [0.3, 0.4) is 0 Å². The number of nitrogens with one attached hydrogen (secondary N) is 1. The molecular formula is C20H23BrN4O2. The van der Waals surface area contributed by atoms with E-state index in [-0.39, 0.29) is 11.9 Å². The van der Waals surface area contributed by atoms with Crippen molar-refractivity contribution in [3.8, 4) is 11.8 Å². The third kappa shape index (κ3) is 4.51. The van der Waals surface area contributed by atoms with Crippen LogP contribution in [-0.4, -0.2) is 22.3 Å². The van der Waals surface area contributed by atoms with Crippen molar-refractivity contribution in [1.82, 2.24) is 15.1 Å². The summed E-state index contributed by atoms with van der Waals surface area (Å²) in [5, 5.41) is 16.4. The predicted molar refractivity (Wildman–Crippen MR) is 105 cm³/mol. The lowest BCUT2D eigenvalue weighted by Gasteiger charge is -2.27. The minimum absolute atomic E-state index is 0.0244. The molecule has 6 nitrogen and oxygen atoms in total. The average Bonchev–Trinajstić information content (AvgIpc) is 2.92. The van der Waals surface area contributed by atoms with Gasteiger partial charge >= 0.3 is 0 Å². The fourth-order valence-corrected chi connectivity index (χ4v) is 3.87. The third-order valence-corrected chi connectivity index (χ3v) is 5.41. The number of nitrogens with zero attached hydrogens (tertiary/aromatic N) is 3. The number of hydrogen-bond donors (Lipinski definition) is 1. The molecule has 1 amide bonds. The molecule has 142 valence electrons. The van der Waals surface area contributed by atoms with Crippen molar-refractivity contribution in [2.24, 2.45) is 0 Å². The van der Waals surface area contributed by atoms with Gasteiger partial charge in [0.25, 0.3) is 0 Å². The van der Waals surface area contributed by atoms with Gasteiger partial charge in [0.15, 0.2) is 0 Å². The summed E-state index contributed by atoms with van der Waals surface area (Å²) in [6.07, 6.45) is 2.25. The van der Waals surface area contributed by atoms with Crippen LogP contribution in [0, 0.1) is 25.2 Å². The maximum absolute atomic E-state index is 12.5. The lowest BCUT2D eigenvalue weighted by molar-refractivity contribution is -0.122. The van der Waals surface area contributed by atoms with Crippen LogP contribution < -0.4 is 10.1 Å². The van der Waals surface area contributed by atoms with Crippen LogP contribution in [0.1, 0.15) is 47.8 Å². The third-order valence-electron chi connectivity index (χ3n) is 4.92. The van der Waals surface area contributed by atoms with Crippen LogP contribution in [0.5, 0.6) is 5.75 Å². The molecule has 0 fully saturated rings. The fourth-order valence-electron chi connectivity index (χ4n) is 3.49. The van der Waals surface area contributed by atoms with E-state index in [0.717, 1.165) is 39.2 Å². The SMILES string of the molecule is Cc1nn(CCC#N)c(C)c1CCC(=O)NC1CCOc2ccc(Br)cc21. The normalized spacial score (nSPS) is 15.6. The molecule has 7 heteroatoms. The quantitative estimate of drug-likeness (QED) is 0.756. The minimum Gasteiger partial charge on any atom is -0.493 e. The van der Waals surface area contributed by atoms with Gasteiger partial charge in [-0.1, -0.05) is 15.9 Å². The highest BCUT2D eigenvalue weighted by molar-refractivity contribution is 9.10. The summed E-state index contributed by atoms with van der Waals surface area (Å²) in [6.45, 7) is 5.14. The Morgan fingerprint density at radius 3 is 3.07 bits per heavy atom. The van der Waals surface area contributed by atoms with Crippen molar-refractivity contribution >= 4 is 21.8 Å². The number of hydrogen-bond acceptors (Lipinski definition) is 4. The van der Waals surface area contributed by atoms with E-state index in [4.69, 9.17) is 10.00 Å². The molecule has 1 aromatic carbocycles. The number of benzene rings is 1. The molecule has 1 aliphatic heterocycles. The van der Waals surface area contributed by atoms with Gasteiger partial charge in [-0.15, -0.1) is 0 Å². The molecule has 2 aromatic rings. The summed E-state index contributed by atoms with van der Waals surface area (Å²) >= 11 is 3.48. The second-order valence-electron chi connectivity index (χ2n) is 6.72. The van der Waals surface area contributed by atoms with Gasteiger partial charge in [0, 0.05) is 28.6 Å². The number of carbonyl (C=O) groups excluding carboxylic acids is 1. The first-order valence-corrected chi connectivity index (χ1v) is 9.90. The summed E-state index contributed by atoms with van der Waals surface area (Å²) < 4.78 is 8.51. The van der Waals surface area contributed by atoms with Crippen LogP contribution in [-0.2, 0) is 17.8 Å². The Kier molecular flexibility index (Phi) is 6.17. The number of fused-ring (bicyclic) bond motifs is 1. The lowest BCUT2D eigenvalue weighted by atomic mass is 10.00. The molecular weight excluding hydrogens is 408 g/mol. The number of amides is 1. The van der Waals surface area contributed by atoms with Crippen molar-refractivity contribution < 1.29 is 9.53 Å². The van der Waals surface area contributed by atoms with Gasteiger partial charge in [-0.25, -0.2) is 0 Å². The molecule has 0 radical (unpaired) electrons. The van der Waals surface area contributed by atoms with Gasteiger partial charge in [0.05, 0.1) is 37.4 Å². The fraction of sp³-hybridized carbons (Fsp3) is 0.450. The first kappa shape index (κ1) is 19.4. The van der Waals surface area contributed by atoms with E-state index in [9.17, 15) is 4.79 Å². The van der Waals surface area contributed by atoms with Crippen molar-refractivity contribution in [1.29, 1.82) is 5.26 Å².